The van der Waals surface area contributed by atoms with E-state index < -0.39 is 0 Å². The SMILES string of the molecule is C=C(C)c1ccc(-c2ccc(C)cc2)cc1.Cc1ccc(C)cc1. The molecule has 24 heavy (non-hydrogen) atoms. The van der Waals surface area contributed by atoms with Gasteiger partial charge in [-0.2, -0.15) is 0 Å². The average Bonchev–Trinajstić information content (AvgIpc) is 2.59. The van der Waals surface area contributed by atoms with Crippen LogP contribution in [-0.4, -0.2) is 0 Å². The highest BCUT2D eigenvalue weighted by atomic mass is 14.0. The molecule has 0 nitrogen and oxygen atoms in total. The van der Waals surface area contributed by atoms with Crippen LogP contribution in [0.4, 0.5) is 0 Å². The minimum absolute atomic E-state index is 1.11. The molecule has 0 saturated carbocycles. The second kappa shape index (κ2) is 8.31. The lowest BCUT2D eigenvalue weighted by Gasteiger charge is -2.04. The van der Waals surface area contributed by atoms with E-state index in [1.165, 1.54) is 33.4 Å². The van der Waals surface area contributed by atoms with Crippen LogP contribution in [0.15, 0.2) is 79.4 Å². The summed E-state index contributed by atoms with van der Waals surface area (Å²) in [5.41, 5.74) is 8.78. The number of hydrogen-bond donors (Lipinski definition) is 0. The van der Waals surface area contributed by atoms with E-state index in [9.17, 15) is 0 Å². The van der Waals surface area contributed by atoms with Crippen LogP contribution in [0.25, 0.3) is 16.7 Å². The summed E-state index contributed by atoms with van der Waals surface area (Å²) >= 11 is 0. The Morgan fingerprint density at radius 2 is 0.833 bits per heavy atom. The fourth-order valence-electron chi connectivity index (χ4n) is 2.33. The van der Waals surface area contributed by atoms with Crippen LogP contribution in [0.2, 0.25) is 0 Å². The van der Waals surface area contributed by atoms with Gasteiger partial charge in [0.15, 0.2) is 0 Å². The standard InChI is InChI=1S/C16H16.C8H10/c1-12(2)14-8-10-16(11-9-14)15-6-4-13(3)5-7-15;1-7-3-5-8(2)6-4-7/h4-11H,1H2,2-3H3;3-6H,1-2H3. The van der Waals surface area contributed by atoms with Gasteiger partial charge in [0.1, 0.15) is 0 Å². The molecule has 3 aromatic rings. The van der Waals surface area contributed by atoms with Crippen molar-refractivity contribution in [1.82, 2.24) is 0 Å². The van der Waals surface area contributed by atoms with Crippen molar-refractivity contribution in [3.05, 3.63) is 102 Å². The molecule has 0 aliphatic heterocycles. The van der Waals surface area contributed by atoms with Gasteiger partial charge in [-0.05, 0) is 44.4 Å². The lowest BCUT2D eigenvalue weighted by molar-refractivity contribution is 1.40. The van der Waals surface area contributed by atoms with Crippen molar-refractivity contribution < 1.29 is 0 Å². The zero-order valence-electron chi connectivity index (χ0n) is 15.1. The van der Waals surface area contributed by atoms with Gasteiger partial charge in [0.2, 0.25) is 0 Å². The van der Waals surface area contributed by atoms with Gasteiger partial charge in [-0.1, -0.05) is 102 Å². The van der Waals surface area contributed by atoms with Crippen molar-refractivity contribution in [2.24, 2.45) is 0 Å². The molecular weight excluding hydrogens is 288 g/mol. The fraction of sp³-hybridized carbons (Fsp3) is 0.167. The first kappa shape index (κ1) is 17.7. The van der Waals surface area contributed by atoms with E-state index in [4.69, 9.17) is 0 Å². The molecule has 0 amide bonds. The lowest BCUT2D eigenvalue weighted by Crippen LogP contribution is -1.81. The Morgan fingerprint density at radius 3 is 1.17 bits per heavy atom. The highest BCUT2D eigenvalue weighted by molar-refractivity contribution is 5.68. The first-order valence-electron chi connectivity index (χ1n) is 8.32. The van der Waals surface area contributed by atoms with E-state index in [0.29, 0.717) is 0 Å². The quantitative estimate of drug-likeness (QED) is 0.477. The third kappa shape index (κ3) is 5.24. The van der Waals surface area contributed by atoms with E-state index in [0.717, 1.165) is 5.57 Å². The highest BCUT2D eigenvalue weighted by Gasteiger charge is 1.98. The Kier molecular flexibility index (Phi) is 6.14. The molecule has 0 bridgehead atoms. The molecule has 0 heterocycles. The highest BCUT2D eigenvalue weighted by Crippen LogP contribution is 2.22. The minimum Gasteiger partial charge on any atom is -0.0955 e. The van der Waals surface area contributed by atoms with Crippen molar-refractivity contribution in [3.63, 3.8) is 0 Å². The molecule has 0 saturated heterocycles. The molecule has 3 rings (SSSR count). The van der Waals surface area contributed by atoms with Crippen molar-refractivity contribution in [3.8, 4) is 11.1 Å². The maximum Gasteiger partial charge on any atom is -0.0184 e. The molecule has 0 aliphatic carbocycles. The molecule has 122 valence electrons. The molecular formula is C24H26. The summed E-state index contributed by atoms with van der Waals surface area (Å²) in [6, 6.07) is 25.6. The summed E-state index contributed by atoms with van der Waals surface area (Å²) in [6.07, 6.45) is 0. The molecule has 0 radical (unpaired) electrons. The maximum atomic E-state index is 3.94. The van der Waals surface area contributed by atoms with Crippen molar-refractivity contribution >= 4 is 5.57 Å². The second-order valence-electron chi connectivity index (χ2n) is 6.38. The van der Waals surface area contributed by atoms with E-state index in [1.807, 2.05) is 6.92 Å². The van der Waals surface area contributed by atoms with Crippen LogP contribution in [0.3, 0.4) is 0 Å². The van der Waals surface area contributed by atoms with Crippen LogP contribution >= 0.6 is 0 Å². The van der Waals surface area contributed by atoms with Gasteiger partial charge in [0.05, 0.1) is 0 Å². The molecule has 0 spiro atoms. The normalized spacial score (nSPS) is 9.83. The zero-order valence-corrected chi connectivity index (χ0v) is 15.1. The third-order valence-corrected chi connectivity index (χ3v) is 3.98. The van der Waals surface area contributed by atoms with Gasteiger partial charge < -0.3 is 0 Å². The number of aryl methyl sites for hydroxylation is 3. The maximum absolute atomic E-state index is 3.94. The van der Waals surface area contributed by atoms with Crippen LogP contribution in [0.1, 0.15) is 29.2 Å². The molecule has 3 aromatic carbocycles. The van der Waals surface area contributed by atoms with Crippen LogP contribution < -0.4 is 0 Å². The fourth-order valence-corrected chi connectivity index (χ4v) is 2.33. The Hall–Kier alpha value is -2.60. The molecule has 0 unspecified atom stereocenters. The predicted octanol–water partition coefficient (Wildman–Crippen LogP) is 7.00. The van der Waals surface area contributed by atoms with Crippen LogP contribution in [-0.2, 0) is 0 Å². The summed E-state index contributed by atoms with van der Waals surface area (Å²) in [5.74, 6) is 0. The lowest BCUT2D eigenvalue weighted by atomic mass is 10.0. The van der Waals surface area contributed by atoms with Gasteiger partial charge in [0.25, 0.3) is 0 Å². The van der Waals surface area contributed by atoms with E-state index >= 15 is 0 Å². The summed E-state index contributed by atoms with van der Waals surface area (Å²) < 4.78 is 0. The number of hydrogen-bond acceptors (Lipinski definition) is 0. The van der Waals surface area contributed by atoms with Gasteiger partial charge >= 0.3 is 0 Å². The molecule has 0 fully saturated rings. The third-order valence-electron chi connectivity index (χ3n) is 3.98. The van der Waals surface area contributed by atoms with Gasteiger partial charge in [-0.25, -0.2) is 0 Å². The average molecular weight is 314 g/mol. The van der Waals surface area contributed by atoms with E-state index in [2.05, 4.69) is 100 Å². The number of rotatable bonds is 2. The Balaban J connectivity index is 0.000000219. The first-order valence-corrected chi connectivity index (χ1v) is 8.32. The Bertz CT molecular complexity index is 752. The monoisotopic (exact) mass is 314 g/mol. The molecule has 0 aromatic heterocycles. The van der Waals surface area contributed by atoms with E-state index in [-0.39, 0.29) is 0 Å². The Morgan fingerprint density at radius 1 is 0.542 bits per heavy atom. The van der Waals surface area contributed by atoms with Crippen LogP contribution in [0.5, 0.6) is 0 Å². The zero-order chi connectivity index (χ0) is 17.5. The number of allylic oxidation sites excluding steroid dienone is 1. The van der Waals surface area contributed by atoms with E-state index in [1.54, 1.807) is 0 Å². The van der Waals surface area contributed by atoms with Crippen LogP contribution in [0, 0.1) is 20.8 Å². The second-order valence-corrected chi connectivity index (χ2v) is 6.38. The first-order chi connectivity index (χ1) is 11.5. The smallest absolute Gasteiger partial charge is 0.0184 e. The largest absolute Gasteiger partial charge is 0.0955 e. The van der Waals surface area contributed by atoms with Crippen molar-refractivity contribution in [1.29, 1.82) is 0 Å². The van der Waals surface area contributed by atoms with Crippen molar-refractivity contribution in [2.75, 3.05) is 0 Å². The molecule has 0 aliphatic rings. The Labute approximate surface area is 146 Å². The molecule has 0 atom stereocenters. The topological polar surface area (TPSA) is 0 Å². The van der Waals surface area contributed by atoms with Crippen molar-refractivity contribution in [2.45, 2.75) is 27.7 Å². The van der Waals surface area contributed by atoms with Gasteiger partial charge in [-0.3, -0.25) is 0 Å². The van der Waals surface area contributed by atoms with Gasteiger partial charge in [0, 0.05) is 0 Å². The summed E-state index contributed by atoms with van der Waals surface area (Å²) in [5, 5.41) is 0. The molecule has 0 heteroatoms. The predicted molar refractivity (Wildman–Crippen MR) is 107 cm³/mol. The summed E-state index contributed by atoms with van der Waals surface area (Å²) in [7, 11) is 0. The number of benzene rings is 3. The molecule has 0 N–H and O–H groups in total. The minimum atomic E-state index is 1.11. The summed E-state index contributed by atoms with van der Waals surface area (Å²) in [4.78, 5) is 0. The van der Waals surface area contributed by atoms with Gasteiger partial charge in [-0.15, -0.1) is 0 Å². The summed E-state index contributed by atoms with van der Waals surface area (Å²) in [6.45, 7) is 12.3.